The molecule has 0 spiro atoms. The molecule has 2 aromatic carbocycles. The molecule has 3 aliphatic carbocycles. The van der Waals surface area contributed by atoms with Gasteiger partial charge in [-0.1, -0.05) is 76.2 Å². The van der Waals surface area contributed by atoms with Crippen molar-refractivity contribution in [3.8, 4) is 0 Å². The van der Waals surface area contributed by atoms with Crippen LogP contribution in [0.5, 0.6) is 0 Å². The van der Waals surface area contributed by atoms with Gasteiger partial charge < -0.3 is 52.3 Å². The van der Waals surface area contributed by atoms with E-state index in [4.69, 9.17) is 0 Å². The largest absolute Gasteiger partial charge is 0.353 e. The molecule has 18 nitrogen and oxygen atoms in total. The number of nitrogens with one attached hydrogen (secondary N) is 8. The Hall–Kier alpha value is -5.18. The molecular weight excluding hydrogens is 1000 g/mol. The summed E-state index contributed by atoms with van der Waals surface area (Å²) in [5, 5.41) is 24.4. The molecule has 12 atom stereocenters. The Morgan fingerprint density at radius 1 is 0.526 bits per heavy atom. The zero-order valence-corrected chi connectivity index (χ0v) is 46.8. The first-order valence-electron chi connectivity index (χ1n) is 27.4. The first-order valence-corrected chi connectivity index (χ1v) is 29.5. The van der Waals surface area contributed by atoms with E-state index in [2.05, 4.69) is 42.5 Å². The minimum Gasteiger partial charge on any atom is -0.353 e. The summed E-state index contributed by atoms with van der Waals surface area (Å²) < 4.78 is 0. The van der Waals surface area contributed by atoms with Crippen molar-refractivity contribution < 1.29 is 38.4 Å². The highest BCUT2D eigenvalue weighted by Crippen LogP contribution is 2.49. The number of fused-ring (bicyclic) bond motifs is 4. The van der Waals surface area contributed by atoms with Crippen LogP contribution in [0.25, 0.3) is 0 Å². The predicted molar refractivity (Wildman–Crippen MR) is 292 cm³/mol. The molecule has 8 amide bonds. The normalized spacial score (nSPS) is 32.0. The first-order chi connectivity index (χ1) is 36.2. The third-order valence-electron chi connectivity index (χ3n) is 17.5. The number of rotatable bonds is 14. The Bertz CT molecular complexity index is 2420. The van der Waals surface area contributed by atoms with Crippen molar-refractivity contribution in [3.05, 3.63) is 70.8 Å². The van der Waals surface area contributed by atoms with Crippen LogP contribution in [0, 0.1) is 22.7 Å². The van der Waals surface area contributed by atoms with Crippen LogP contribution in [0.15, 0.2) is 48.5 Å². The van der Waals surface area contributed by atoms with Gasteiger partial charge in [0.25, 0.3) is 0 Å². The van der Waals surface area contributed by atoms with Gasteiger partial charge in [0.15, 0.2) is 0 Å². The second kappa shape index (κ2) is 22.7. The molecule has 1 unspecified atom stereocenters. The minimum atomic E-state index is -0.817. The highest BCUT2D eigenvalue weighted by Gasteiger charge is 2.57. The Morgan fingerprint density at radius 3 is 1.26 bits per heavy atom. The minimum absolute atomic E-state index is 0.152. The van der Waals surface area contributed by atoms with Crippen LogP contribution >= 0.6 is 23.5 Å². The summed E-state index contributed by atoms with van der Waals surface area (Å²) in [4.78, 5) is 116. The summed E-state index contributed by atoms with van der Waals surface area (Å²) in [7, 11) is 3.38. The van der Waals surface area contributed by atoms with Gasteiger partial charge in [-0.2, -0.15) is 0 Å². The van der Waals surface area contributed by atoms with E-state index < -0.39 is 71.0 Å². The molecule has 0 bridgehead atoms. The zero-order chi connectivity index (χ0) is 54.4. The first kappa shape index (κ1) is 55.6. The number of hydrogen-bond acceptors (Lipinski definition) is 12. The number of carbonyl (C=O) groups excluding carboxylic acids is 8. The summed E-state index contributed by atoms with van der Waals surface area (Å²) in [5.74, 6) is -1.93. The van der Waals surface area contributed by atoms with E-state index in [1.165, 1.54) is 0 Å². The molecule has 8 N–H and O–H groups in total. The molecule has 4 saturated heterocycles. The molecule has 1 saturated carbocycles. The van der Waals surface area contributed by atoms with Crippen molar-refractivity contribution >= 4 is 70.8 Å². The van der Waals surface area contributed by atoms with E-state index in [9.17, 15) is 38.4 Å². The molecule has 76 heavy (non-hydrogen) atoms. The molecule has 20 heteroatoms. The summed E-state index contributed by atoms with van der Waals surface area (Å²) >= 11 is 3.27. The van der Waals surface area contributed by atoms with Gasteiger partial charge in [-0.3, -0.25) is 38.4 Å². The van der Waals surface area contributed by atoms with Gasteiger partial charge in [0.2, 0.25) is 47.3 Å². The zero-order valence-electron chi connectivity index (χ0n) is 45.2. The van der Waals surface area contributed by atoms with Crippen molar-refractivity contribution in [3.63, 3.8) is 0 Å². The lowest BCUT2D eigenvalue weighted by Gasteiger charge is -2.36. The monoisotopic (exact) mass is 1080 g/mol. The molecular formula is C56H78N10O8S2. The molecule has 9 rings (SSSR count). The lowest BCUT2D eigenvalue weighted by Crippen LogP contribution is -2.58. The van der Waals surface area contributed by atoms with Crippen molar-refractivity contribution in [2.24, 2.45) is 22.7 Å². The van der Waals surface area contributed by atoms with E-state index in [1.807, 2.05) is 76.2 Å². The predicted octanol–water partition coefficient (Wildman–Crippen LogP) is 2.96. The van der Waals surface area contributed by atoms with Gasteiger partial charge in [-0.05, 0) is 137 Å². The third kappa shape index (κ3) is 11.1. The molecule has 5 fully saturated rings. The Morgan fingerprint density at radius 2 is 0.895 bits per heavy atom. The number of amides is 8. The van der Waals surface area contributed by atoms with Crippen molar-refractivity contribution in [1.29, 1.82) is 0 Å². The molecule has 412 valence electrons. The van der Waals surface area contributed by atoms with E-state index in [-0.39, 0.29) is 70.1 Å². The van der Waals surface area contributed by atoms with Crippen LogP contribution in [0.4, 0.5) is 0 Å². The molecule has 0 aromatic heterocycles. The number of likely N-dealkylation sites (N-methyl/N-ethyl adjacent to an activating group) is 2. The quantitative estimate of drug-likeness (QED) is 0.136. The Kier molecular flexibility index (Phi) is 16.6. The second-order valence-electron chi connectivity index (χ2n) is 23.6. The number of benzene rings is 2. The van der Waals surface area contributed by atoms with Gasteiger partial charge in [0.1, 0.15) is 24.2 Å². The summed E-state index contributed by atoms with van der Waals surface area (Å²) in [6, 6.07) is 9.89. The fourth-order valence-electron chi connectivity index (χ4n) is 13.1. The smallest absolute Gasteiger partial charge is 0.246 e. The van der Waals surface area contributed by atoms with Gasteiger partial charge in [0.05, 0.1) is 46.8 Å². The Labute approximate surface area is 455 Å². The molecule has 0 radical (unpaired) electrons. The lowest BCUT2D eigenvalue weighted by atomic mass is 9.83. The van der Waals surface area contributed by atoms with Crippen LogP contribution in [-0.4, -0.2) is 142 Å². The molecule has 7 aliphatic rings. The summed E-state index contributed by atoms with van der Waals surface area (Å²) in [5.41, 5.74) is 2.55. The second-order valence-corrected chi connectivity index (χ2v) is 26.2. The van der Waals surface area contributed by atoms with Crippen LogP contribution in [0.2, 0.25) is 0 Å². The van der Waals surface area contributed by atoms with Gasteiger partial charge in [0, 0.05) is 12.1 Å². The van der Waals surface area contributed by atoms with E-state index in [0.717, 1.165) is 22.3 Å². The number of hydrogen-bond donors (Lipinski definition) is 8. The summed E-state index contributed by atoms with van der Waals surface area (Å²) in [6.07, 6.45) is 5.53. The highest BCUT2D eigenvalue weighted by atomic mass is 32.2. The van der Waals surface area contributed by atoms with Gasteiger partial charge >= 0.3 is 0 Å². The van der Waals surface area contributed by atoms with Crippen LogP contribution in [0.1, 0.15) is 127 Å². The SMILES string of the molecule is CN[C@@H](C)C(=O)N[C@H]1CCS[C@H]2CC(C)(C)[C@@H](C(=O)N[C@H]3c4ccccc4CC3C(=O)N[C@H]3CC[C@H](NC(=O)[C@@H]4Cc5ccccc5[C@@H]4NC(=O)[C@H]4N5C(=O)[C@@H](NC(=O)[C@H](C)NC)CCS[C@H]5CC4(C)C)CC3)N2C1=O. The standard InChI is InChI=1S/C56H78N10O8S2/c1-29(57-7)47(67)61-39-21-23-75-41-27-55(3,4)45(65(41)53(39)73)51(71)63-43-35-15-11-9-13-31(35)25-37(43)49(69)59-33-17-19-34(20-18-33)60-50(70)38-26-32-14-10-12-16-36(32)44(38)64-52(72)46-56(5,6)28-42-66(46)54(74)40(22-24-76-42)62-48(68)30(2)58-8/h9-16,29-30,33-34,37-46,57-58H,17-28H2,1-8H3,(H,59,69)(H,60,70)(H,61,67)(H,62,68)(H,63,71)(H,64,72)/t29-,30-,33-,34-,37+,38?,39-,40-,41-,42-,43-,44-,45+,46+/m0/s1. The maximum Gasteiger partial charge on any atom is 0.246 e. The number of thioether (sulfide) groups is 2. The fraction of sp³-hybridized carbons (Fsp3) is 0.643. The average molecular weight is 1080 g/mol. The highest BCUT2D eigenvalue weighted by molar-refractivity contribution is 8.00. The van der Waals surface area contributed by atoms with E-state index in [0.29, 0.717) is 75.7 Å². The fourth-order valence-corrected chi connectivity index (χ4v) is 16.2. The maximum atomic E-state index is 14.7. The van der Waals surface area contributed by atoms with Crippen LogP contribution < -0.4 is 42.5 Å². The Balaban J connectivity index is 0.830. The number of carbonyl (C=O) groups is 8. The topological polar surface area (TPSA) is 239 Å². The summed E-state index contributed by atoms with van der Waals surface area (Å²) in [6.45, 7) is 11.5. The molecule has 4 heterocycles. The van der Waals surface area contributed by atoms with Crippen molar-refractivity contribution in [2.45, 2.75) is 177 Å². The molecule has 2 aromatic rings. The van der Waals surface area contributed by atoms with Gasteiger partial charge in [-0.25, -0.2) is 0 Å². The van der Waals surface area contributed by atoms with E-state index in [1.54, 1.807) is 61.3 Å². The van der Waals surface area contributed by atoms with Crippen LogP contribution in [-0.2, 0) is 51.2 Å². The third-order valence-corrected chi connectivity index (χ3v) is 20.0. The van der Waals surface area contributed by atoms with Crippen LogP contribution in [0.3, 0.4) is 0 Å². The number of nitrogens with zero attached hydrogens (tertiary/aromatic N) is 2. The van der Waals surface area contributed by atoms with E-state index >= 15 is 0 Å². The maximum absolute atomic E-state index is 14.7. The average Bonchev–Trinajstić information content (AvgIpc) is 4.06. The molecule has 4 aliphatic heterocycles. The lowest BCUT2D eigenvalue weighted by molar-refractivity contribution is -0.144. The van der Waals surface area contributed by atoms with Crippen molar-refractivity contribution in [1.82, 2.24) is 52.3 Å². The van der Waals surface area contributed by atoms with Gasteiger partial charge in [-0.15, -0.1) is 23.5 Å². The van der Waals surface area contributed by atoms with Crippen molar-refractivity contribution in [2.75, 3.05) is 25.6 Å².